The topological polar surface area (TPSA) is 99.3 Å². The van der Waals surface area contributed by atoms with E-state index >= 15 is 0 Å². The molecule has 1 atom stereocenters. The number of carbonyl (C=O) groups is 3. The maximum atomic E-state index is 12.3. The number of para-hydroxylation sites is 1. The molecule has 3 aromatic rings. The number of carbonyl (C=O) groups excluding carboxylic acids is 3. The van der Waals surface area contributed by atoms with Gasteiger partial charge in [0.2, 0.25) is 11.8 Å². The Kier molecular flexibility index (Phi) is 9.11. The summed E-state index contributed by atoms with van der Waals surface area (Å²) in [4.78, 5) is 36.4. The van der Waals surface area contributed by atoms with E-state index in [0.717, 1.165) is 16.8 Å². The molecule has 176 valence electrons. The van der Waals surface area contributed by atoms with Crippen LogP contribution < -0.4 is 21.3 Å². The summed E-state index contributed by atoms with van der Waals surface area (Å²) < 4.78 is 0. The lowest BCUT2D eigenvalue weighted by molar-refractivity contribution is -0.119. The van der Waals surface area contributed by atoms with Crippen LogP contribution in [0.3, 0.4) is 0 Å². The Balaban J connectivity index is 1.38. The molecule has 3 rings (SSSR count). The van der Waals surface area contributed by atoms with Gasteiger partial charge in [-0.15, -0.1) is 11.8 Å². The van der Waals surface area contributed by atoms with Gasteiger partial charge in [-0.2, -0.15) is 0 Å². The van der Waals surface area contributed by atoms with Crippen LogP contribution >= 0.6 is 11.8 Å². The van der Waals surface area contributed by atoms with E-state index in [1.807, 2.05) is 80.6 Å². The van der Waals surface area contributed by atoms with Crippen LogP contribution in [-0.2, 0) is 9.59 Å². The van der Waals surface area contributed by atoms with Gasteiger partial charge < -0.3 is 21.3 Å². The summed E-state index contributed by atoms with van der Waals surface area (Å²) in [6, 6.07) is 23.5. The van der Waals surface area contributed by atoms with E-state index in [9.17, 15) is 14.4 Å². The van der Waals surface area contributed by atoms with Crippen LogP contribution in [0.25, 0.3) is 0 Å². The van der Waals surface area contributed by atoms with Gasteiger partial charge in [-0.25, -0.2) is 4.79 Å². The van der Waals surface area contributed by atoms with Gasteiger partial charge in [0.1, 0.15) is 0 Å². The van der Waals surface area contributed by atoms with Crippen LogP contribution in [0.1, 0.15) is 24.1 Å². The van der Waals surface area contributed by atoms with Gasteiger partial charge in [0.05, 0.1) is 17.5 Å². The highest BCUT2D eigenvalue weighted by atomic mass is 32.2. The Morgan fingerprint density at radius 3 is 1.88 bits per heavy atom. The predicted octanol–water partition coefficient (Wildman–Crippen LogP) is 5.19. The maximum Gasteiger partial charge on any atom is 0.323 e. The lowest BCUT2D eigenvalue weighted by Crippen LogP contribution is -2.28. The van der Waals surface area contributed by atoms with Crippen molar-refractivity contribution in [1.82, 2.24) is 5.32 Å². The lowest BCUT2D eigenvalue weighted by Gasteiger charge is -2.15. The van der Waals surface area contributed by atoms with E-state index in [-0.39, 0.29) is 35.4 Å². The molecule has 0 heterocycles. The van der Waals surface area contributed by atoms with Crippen molar-refractivity contribution in [2.45, 2.75) is 19.9 Å². The second-order valence-corrected chi connectivity index (χ2v) is 8.75. The van der Waals surface area contributed by atoms with E-state index in [1.165, 1.54) is 11.8 Å². The number of amides is 4. The van der Waals surface area contributed by atoms with Gasteiger partial charge in [0, 0.05) is 17.1 Å². The Labute approximate surface area is 203 Å². The predicted molar refractivity (Wildman–Crippen MR) is 139 cm³/mol. The Morgan fingerprint density at radius 2 is 1.24 bits per heavy atom. The highest BCUT2D eigenvalue weighted by Crippen LogP contribution is 2.17. The number of benzene rings is 3. The number of anilines is 3. The molecule has 0 aliphatic heterocycles. The smallest absolute Gasteiger partial charge is 0.323 e. The van der Waals surface area contributed by atoms with E-state index in [1.54, 1.807) is 12.1 Å². The number of aryl methyl sites for hydroxylation is 1. The highest BCUT2D eigenvalue weighted by Gasteiger charge is 2.11. The van der Waals surface area contributed by atoms with Crippen LogP contribution in [0.15, 0.2) is 78.9 Å². The van der Waals surface area contributed by atoms with Crippen LogP contribution in [0.5, 0.6) is 0 Å². The molecule has 0 aromatic heterocycles. The lowest BCUT2D eigenvalue weighted by atomic mass is 10.1. The number of nitrogens with one attached hydrogen (secondary N) is 4. The van der Waals surface area contributed by atoms with Gasteiger partial charge in [0.25, 0.3) is 0 Å². The van der Waals surface area contributed by atoms with Crippen molar-refractivity contribution in [3.8, 4) is 0 Å². The average molecular weight is 477 g/mol. The van der Waals surface area contributed by atoms with E-state index in [4.69, 9.17) is 0 Å². The summed E-state index contributed by atoms with van der Waals surface area (Å²) in [5, 5.41) is 11.3. The summed E-state index contributed by atoms with van der Waals surface area (Å²) in [7, 11) is 0. The average Bonchev–Trinajstić information content (AvgIpc) is 2.81. The van der Waals surface area contributed by atoms with Crippen LogP contribution in [0.4, 0.5) is 21.9 Å². The summed E-state index contributed by atoms with van der Waals surface area (Å²) >= 11 is 1.26. The molecule has 8 heteroatoms. The second-order valence-electron chi connectivity index (χ2n) is 7.76. The van der Waals surface area contributed by atoms with Crippen molar-refractivity contribution >= 4 is 46.7 Å². The SMILES string of the molecule is Cc1ccc(NC(=O)CSCC(=O)NC(C)c2ccc(NC(=O)Nc3ccccc3)cc2)cc1. The number of hydrogen-bond acceptors (Lipinski definition) is 4. The fraction of sp³-hybridized carbons (Fsp3) is 0.192. The zero-order chi connectivity index (χ0) is 24.3. The molecule has 0 aliphatic rings. The molecule has 1 unspecified atom stereocenters. The van der Waals surface area contributed by atoms with Crippen molar-refractivity contribution < 1.29 is 14.4 Å². The standard InChI is InChI=1S/C26H28N4O3S/c1-18-8-12-22(13-9-18)28-25(32)17-34-16-24(31)27-19(2)20-10-14-23(15-11-20)30-26(33)29-21-6-4-3-5-7-21/h3-15,19H,16-17H2,1-2H3,(H,27,31)(H,28,32)(H2,29,30,33). The summed E-state index contributed by atoms with van der Waals surface area (Å²) in [5.74, 6) is 0.0886. The first-order valence-electron chi connectivity index (χ1n) is 10.9. The van der Waals surface area contributed by atoms with Gasteiger partial charge in [-0.1, -0.05) is 48.0 Å². The largest absolute Gasteiger partial charge is 0.349 e. The van der Waals surface area contributed by atoms with E-state index in [2.05, 4.69) is 21.3 Å². The molecular weight excluding hydrogens is 448 g/mol. The zero-order valence-electron chi connectivity index (χ0n) is 19.1. The molecule has 0 saturated heterocycles. The second kappa shape index (κ2) is 12.5. The number of thioether (sulfide) groups is 1. The molecule has 3 aromatic carbocycles. The van der Waals surface area contributed by atoms with E-state index < -0.39 is 0 Å². The third-order valence-electron chi connectivity index (χ3n) is 4.88. The summed E-state index contributed by atoms with van der Waals surface area (Å²) in [6.45, 7) is 3.87. The van der Waals surface area contributed by atoms with E-state index in [0.29, 0.717) is 11.4 Å². The minimum Gasteiger partial charge on any atom is -0.349 e. The molecule has 0 saturated carbocycles. The molecule has 4 N–H and O–H groups in total. The molecule has 0 bridgehead atoms. The van der Waals surface area contributed by atoms with Crippen molar-refractivity contribution in [3.63, 3.8) is 0 Å². The van der Waals surface area contributed by atoms with Gasteiger partial charge in [0.15, 0.2) is 0 Å². The van der Waals surface area contributed by atoms with Gasteiger partial charge in [-0.05, 0) is 55.8 Å². The highest BCUT2D eigenvalue weighted by molar-refractivity contribution is 8.00. The quantitative estimate of drug-likeness (QED) is 0.342. The molecule has 0 fully saturated rings. The molecule has 7 nitrogen and oxygen atoms in total. The molecule has 34 heavy (non-hydrogen) atoms. The van der Waals surface area contributed by atoms with Crippen LogP contribution in [-0.4, -0.2) is 29.4 Å². The first-order chi connectivity index (χ1) is 16.4. The molecule has 0 spiro atoms. The molecule has 4 amide bonds. The van der Waals surface area contributed by atoms with Crippen molar-refractivity contribution in [3.05, 3.63) is 90.0 Å². The monoisotopic (exact) mass is 476 g/mol. The van der Waals surface area contributed by atoms with Crippen LogP contribution in [0.2, 0.25) is 0 Å². The number of rotatable bonds is 9. The third-order valence-corrected chi connectivity index (χ3v) is 5.81. The summed E-state index contributed by atoms with van der Waals surface area (Å²) in [6.07, 6.45) is 0. The van der Waals surface area contributed by atoms with Gasteiger partial charge in [-0.3, -0.25) is 9.59 Å². The minimum atomic E-state index is -0.330. The van der Waals surface area contributed by atoms with Crippen molar-refractivity contribution in [2.75, 3.05) is 27.5 Å². The zero-order valence-corrected chi connectivity index (χ0v) is 19.9. The van der Waals surface area contributed by atoms with Crippen molar-refractivity contribution in [1.29, 1.82) is 0 Å². The first kappa shape index (κ1) is 24.9. The number of hydrogen-bond donors (Lipinski definition) is 4. The molecule has 0 aliphatic carbocycles. The summed E-state index contributed by atoms with van der Waals surface area (Å²) in [5.41, 5.74) is 4.12. The fourth-order valence-electron chi connectivity index (χ4n) is 3.11. The first-order valence-corrected chi connectivity index (χ1v) is 12.0. The Morgan fingerprint density at radius 1 is 0.706 bits per heavy atom. The Bertz CT molecular complexity index is 1100. The van der Waals surface area contributed by atoms with Gasteiger partial charge >= 0.3 is 6.03 Å². The minimum absolute atomic E-state index is 0.144. The Hall–Kier alpha value is -3.78. The number of urea groups is 1. The normalized spacial score (nSPS) is 11.2. The van der Waals surface area contributed by atoms with Crippen molar-refractivity contribution in [2.24, 2.45) is 0 Å². The molecular formula is C26H28N4O3S. The maximum absolute atomic E-state index is 12.3. The third kappa shape index (κ3) is 8.29. The fourth-order valence-corrected chi connectivity index (χ4v) is 3.74. The molecule has 0 radical (unpaired) electrons. The van der Waals surface area contributed by atoms with Crippen LogP contribution in [0, 0.1) is 6.92 Å².